The van der Waals surface area contributed by atoms with Crippen molar-refractivity contribution in [2.75, 3.05) is 60.7 Å². The summed E-state index contributed by atoms with van der Waals surface area (Å²) in [6, 6.07) is 12.5. The van der Waals surface area contributed by atoms with Crippen molar-refractivity contribution in [3.05, 3.63) is 42.6 Å². The molecule has 42 heavy (non-hydrogen) atoms. The number of aliphatic hydroxyl groups is 1. The highest BCUT2D eigenvalue weighted by atomic mass is 16.7. The molecule has 0 radical (unpaired) electrons. The smallest absolute Gasteiger partial charge is 0.396 e. The van der Waals surface area contributed by atoms with Crippen molar-refractivity contribution >= 4 is 29.0 Å². The summed E-state index contributed by atoms with van der Waals surface area (Å²) in [5.41, 5.74) is 3.30. The van der Waals surface area contributed by atoms with Crippen molar-refractivity contribution in [3.8, 4) is 0 Å². The van der Waals surface area contributed by atoms with E-state index in [4.69, 9.17) is 9.82 Å². The summed E-state index contributed by atoms with van der Waals surface area (Å²) >= 11 is 0. The Labute approximate surface area is 249 Å². The van der Waals surface area contributed by atoms with E-state index in [1.165, 1.54) is 0 Å². The number of carbonyl (C=O) groups is 1. The molecule has 1 aromatic carbocycles. The number of anilines is 4. The SMILES string of the molecule is CC(C)(C)N1CCN(c2ccc(N3CCN(OC(=O)NC4[C@@H]5CC6C[C@H]4CC(CO)(C6)C5)c4ccccc43)nc2)CC1. The van der Waals surface area contributed by atoms with Gasteiger partial charge in [0, 0.05) is 50.9 Å². The van der Waals surface area contributed by atoms with Crippen LogP contribution in [0.3, 0.4) is 0 Å². The van der Waals surface area contributed by atoms with Gasteiger partial charge in [0.15, 0.2) is 0 Å². The van der Waals surface area contributed by atoms with Crippen molar-refractivity contribution in [2.45, 2.75) is 64.5 Å². The van der Waals surface area contributed by atoms with Crippen molar-refractivity contribution in [1.82, 2.24) is 15.2 Å². The highest BCUT2D eigenvalue weighted by molar-refractivity contribution is 5.79. The fourth-order valence-electron chi connectivity index (χ4n) is 8.91. The lowest BCUT2D eigenvalue weighted by Gasteiger charge is -2.59. The molecule has 4 aliphatic carbocycles. The first-order valence-electron chi connectivity index (χ1n) is 15.9. The van der Waals surface area contributed by atoms with Gasteiger partial charge >= 0.3 is 6.09 Å². The van der Waals surface area contributed by atoms with Gasteiger partial charge in [-0.1, -0.05) is 12.1 Å². The molecule has 226 valence electrons. The number of rotatable bonds is 5. The number of hydrogen-bond acceptors (Lipinski definition) is 8. The van der Waals surface area contributed by atoms with E-state index in [1.807, 2.05) is 24.4 Å². The van der Waals surface area contributed by atoms with Gasteiger partial charge in [0.05, 0.1) is 29.8 Å². The molecule has 9 heteroatoms. The van der Waals surface area contributed by atoms with E-state index in [2.05, 4.69) is 59.0 Å². The van der Waals surface area contributed by atoms with Crippen LogP contribution in [-0.2, 0) is 4.84 Å². The summed E-state index contributed by atoms with van der Waals surface area (Å²) in [7, 11) is 0. The molecule has 0 spiro atoms. The molecule has 2 N–H and O–H groups in total. The number of amides is 1. The number of hydroxylamine groups is 1. The van der Waals surface area contributed by atoms with Crippen molar-refractivity contribution < 1.29 is 14.7 Å². The minimum atomic E-state index is -0.372. The molecule has 1 saturated heterocycles. The zero-order chi connectivity index (χ0) is 29.1. The molecular formula is C33H46N6O3. The molecule has 6 aliphatic rings. The number of carbonyl (C=O) groups excluding carboxylic acids is 1. The van der Waals surface area contributed by atoms with E-state index in [1.54, 1.807) is 5.06 Å². The third kappa shape index (κ3) is 5.08. The normalized spacial score (nSPS) is 30.8. The molecule has 1 aromatic heterocycles. The highest BCUT2D eigenvalue weighted by Crippen LogP contribution is 2.59. The number of fused-ring (bicyclic) bond motifs is 1. The van der Waals surface area contributed by atoms with E-state index in [9.17, 15) is 9.90 Å². The third-order valence-corrected chi connectivity index (χ3v) is 10.8. The van der Waals surface area contributed by atoms with E-state index < -0.39 is 0 Å². The first kappa shape index (κ1) is 27.8. The molecule has 9 nitrogen and oxygen atoms in total. The van der Waals surface area contributed by atoms with E-state index >= 15 is 0 Å². The van der Waals surface area contributed by atoms with E-state index in [0.717, 1.165) is 81.2 Å². The number of pyridine rings is 1. The highest BCUT2D eigenvalue weighted by Gasteiger charge is 2.55. The fourth-order valence-corrected chi connectivity index (χ4v) is 8.91. The molecule has 2 aromatic rings. The zero-order valence-electron chi connectivity index (χ0n) is 25.3. The second-order valence-electron chi connectivity index (χ2n) is 14.4. The van der Waals surface area contributed by atoms with Crippen LogP contribution in [0.2, 0.25) is 0 Å². The lowest BCUT2D eigenvalue weighted by molar-refractivity contribution is -0.0979. The van der Waals surface area contributed by atoms with Crippen LogP contribution in [0.5, 0.6) is 0 Å². The fraction of sp³-hybridized carbons (Fsp3) is 0.636. The third-order valence-electron chi connectivity index (χ3n) is 10.8. The second kappa shape index (κ2) is 10.6. The number of nitrogens with one attached hydrogen (secondary N) is 1. The Kier molecular flexibility index (Phi) is 7.01. The molecule has 3 heterocycles. The minimum absolute atomic E-state index is 0.0847. The summed E-state index contributed by atoms with van der Waals surface area (Å²) < 4.78 is 0. The number of aromatic nitrogens is 1. The van der Waals surface area contributed by atoms with Gasteiger partial charge in [-0.25, -0.2) is 14.8 Å². The van der Waals surface area contributed by atoms with Crippen LogP contribution in [0.25, 0.3) is 0 Å². The maximum atomic E-state index is 13.2. The van der Waals surface area contributed by atoms with Crippen LogP contribution in [0.4, 0.5) is 27.7 Å². The second-order valence-corrected chi connectivity index (χ2v) is 14.4. The predicted molar refractivity (Wildman–Crippen MR) is 165 cm³/mol. The standard InChI is InChI=1S/C33H46N6O3/c1-32(2,3)37-12-10-36(11-13-37)26-8-9-29(34-21-26)38-14-15-39(28-7-5-4-6-27(28)38)42-31(41)35-30-24-16-23-17-25(30)20-33(18-23,19-24)22-40/h4-9,21,23-25,30,40H,10-20,22H2,1-3H3,(H,35,41)/t23?,24-,25+,30?,33?. The van der Waals surface area contributed by atoms with Crippen LogP contribution in [0, 0.1) is 23.2 Å². The first-order chi connectivity index (χ1) is 20.2. The Balaban J connectivity index is 1.000. The molecule has 1 amide bonds. The summed E-state index contributed by atoms with van der Waals surface area (Å²) in [5, 5.41) is 15.1. The number of aliphatic hydroxyl groups excluding tert-OH is 1. The summed E-state index contributed by atoms with van der Waals surface area (Å²) in [4.78, 5) is 31.2. The van der Waals surface area contributed by atoms with Gasteiger partial charge in [0.2, 0.25) is 0 Å². The number of benzene rings is 1. The quantitative estimate of drug-likeness (QED) is 0.528. The molecule has 5 fully saturated rings. The minimum Gasteiger partial charge on any atom is -0.396 e. The summed E-state index contributed by atoms with van der Waals surface area (Å²) in [6.07, 6.45) is 7.12. The van der Waals surface area contributed by atoms with Gasteiger partial charge in [-0.2, -0.15) is 0 Å². The molecular weight excluding hydrogens is 528 g/mol. The van der Waals surface area contributed by atoms with Crippen LogP contribution >= 0.6 is 0 Å². The molecule has 4 bridgehead atoms. The van der Waals surface area contributed by atoms with Crippen molar-refractivity contribution in [2.24, 2.45) is 23.2 Å². The van der Waals surface area contributed by atoms with Crippen molar-refractivity contribution in [1.29, 1.82) is 0 Å². The topological polar surface area (TPSA) is 84.4 Å². The van der Waals surface area contributed by atoms with E-state index in [-0.39, 0.29) is 29.7 Å². The van der Waals surface area contributed by atoms with E-state index in [0.29, 0.717) is 30.8 Å². The maximum absolute atomic E-state index is 13.2. The predicted octanol–water partition coefficient (Wildman–Crippen LogP) is 4.79. The Bertz CT molecular complexity index is 1270. The number of para-hydroxylation sites is 2. The molecule has 5 atom stereocenters. The van der Waals surface area contributed by atoms with Gasteiger partial charge < -0.3 is 25.1 Å². The molecule has 4 saturated carbocycles. The summed E-state index contributed by atoms with van der Waals surface area (Å²) in [6.45, 7) is 12.5. The van der Waals surface area contributed by atoms with Crippen LogP contribution in [0.15, 0.2) is 42.6 Å². The number of piperazine rings is 1. The van der Waals surface area contributed by atoms with Gasteiger partial charge in [0.25, 0.3) is 0 Å². The molecule has 3 unspecified atom stereocenters. The zero-order valence-corrected chi connectivity index (χ0v) is 25.3. The van der Waals surface area contributed by atoms with Crippen LogP contribution in [-0.4, -0.2) is 78.5 Å². The Morgan fingerprint density at radius 3 is 2.33 bits per heavy atom. The first-order valence-corrected chi connectivity index (χ1v) is 15.9. The van der Waals surface area contributed by atoms with Crippen molar-refractivity contribution in [3.63, 3.8) is 0 Å². The Hall–Kier alpha value is -3.04. The van der Waals surface area contributed by atoms with Crippen LogP contribution < -0.4 is 20.2 Å². The lowest BCUT2D eigenvalue weighted by Crippen LogP contribution is -2.60. The number of nitrogens with zero attached hydrogens (tertiary/aromatic N) is 5. The number of hydrogen-bond donors (Lipinski definition) is 2. The lowest BCUT2D eigenvalue weighted by atomic mass is 9.48. The van der Waals surface area contributed by atoms with Crippen LogP contribution in [0.1, 0.15) is 52.9 Å². The van der Waals surface area contributed by atoms with Gasteiger partial charge in [-0.3, -0.25) is 4.90 Å². The van der Waals surface area contributed by atoms with Gasteiger partial charge in [-0.15, -0.1) is 0 Å². The Morgan fingerprint density at radius 2 is 1.69 bits per heavy atom. The maximum Gasteiger partial charge on any atom is 0.431 e. The largest absolute Gasteiger partial charge is 0.431 e. The summed E-state index contributed by atoms with van der Waals surface area (Å²) in [5.74, 6) is 2.48. The molecule has 2 aliphatic heterocycles. The average molecular weight is 575 g/mol. The Morgan fingerprint density at radius 1 is 0.976 bits per heavy atom. The monoisotopic (exact) mass is 574 g/mol. The van der Waals surface area contributed by atoms with Gasteiger partial charge in [-0.05, 0) is 100 Å². The van der Waals surface area contributed by atoms with Gasteiger partial charge in [0.1, 0.15) is 5.82 Å². The average Bonchev–Trinajstić information content (AvgIpc) is 2.99. The molecule has 8 rings (SSSR count).